The van der Waals surface area contributed by atoms with Crippen molar-refractivity contribution < 1.29 is 14.4 Å². The molecule has 0 unspecified atom stereocenters. The molecule has 0 saturated heterocycles. The Hall–Kier alpha value is -3.63. The second kappa shape index (κ2) is 8.80. The van der Waals surface area contributed by atoms with Crippen molar-refractivity contribution in [2.45, 2.75) is 26.0 Å². The molecule has 0 radical (unpaired) electrons. The summed E-state index contributed by atoms with van der Waals surface area (Å²) in [5, 5.41) is 13.9. The van der Waals surface area contributed by atoms with Gasteiger partial charge in [0.2, 0.25) is 6.41 Å². The third kappa shape index (κ3) is 4.50. The van der Waals surface area contributed by atoms with Crippen LogP contribution in [0.1, 0.15) is 36.5 Å². The van der Waals surface area contributed by atoms with Gasteiger partial charge in [0.25, 0.3) is 0 Å². The van der Waals surface area contributed by atoms with E-state index in [1.165, 1.54) is 0 Å². The first-order chi connectivity index (χ1) is 14.6. The number of aliphatic hydroxyl groups excluding tert-OH is 1. The molecule has 4 rings (SSSR count). The average molecular weight is 402 g/mol. The summed E-state index contributed by atoms with van der Waals surface area (Å²) in [6.45, 7) is 3.50. The van der Waals surface area contributed by atoms with Gasteiger partial charge in [0, 0.05) is 48.2 Å². The van der Waals surface area contributed by atoms with Crippen LogP contribution in [0.5, 0.6) is 0 Å². The van der Waals surface area contributed by atoms with Crippen LogP contribution in [0.3, 0.4) is 0 Å². The molecule has 0 bridgehead atoms. The Balaban J connectivity index is 1.43. The van der Waals surface area contributed by atoms with E-state index in [0.29, 0.717) is 31.2 Å². The highest BCUT2D eigenvalue weighted by Gasteiger charge is 2.12. The van der Waals surface area contributed by atoms with Crippen molar-refractivity contribution in [3.8, 4) is 23.2 Å². The first-order valence-electron chi connectivity index (χ1n) is 9.78. The number of hydrogen-bond acceptors (Lipinski definition) is 5. The van der Waals surface area contributed by atoms with E-state index >= 15 is 0 Å². The van der Waals surface area contributed by atoms with Gasteiger partial charge in [-0.25, -0.2) is 4.98 Å². The minimum Gasteiger partial charge on any atom is -0.385 e. The third-order valence-corrected chi connectivity index (χ3v) is 4.94. The second-order valence-electron chi connectivity index (χ2n) is 7.18. The van der Waals surface area contributed by atoms with Crippen molar-refractivity contribution in [2.24, 2.45) is 0 Å². The van der Waals surface area contributed by atoms with E-state index in [-0.39, 0.29) is 0 Å². The van der Waals surface area contributed by atoms with Crippen molar-refractivity contribution in [2.75, 3.05) is 13.1 Å². The highest BCUT2D eigenvalue weighted by atomic mass is 16.5. The average Bonchev–Trinajstić information content (AvgIpc) is 3.43. The molecule has 0 fully saturated rings. The van der Waals surface area contributed by atoms with Gasteiger partial charge in [0.1, 0.15) is 17.6 Å². The number of hydrogen-bond donors (Lipinski definition) is 1. The summed E-state index contributed by atoms with van der Waals surface area (Å²) in [5.74, 6) is 7.63. The van der Waals surface area contributed by atoms with Crippen LogP contribution >= 0.6 is 0 Å². The van der Waals surface area contributed by atoms with Crippen molar-refractivity contribution in [3.63, 3.8) is 0 Å². The smallest absolute Gasteiger partial charge is 0.209 e. The lowest BCUT2D eigenvalue weighted by atomic mass is 10.1. The number of nitrogens with zero attached hydrogens (tertiary/aromatic N) is 4. The van der Waals surface area contributed by atoms with Gasteiger partial charge in [-0.1, -0.05) is 23.1 Å². The van der Waals surface area contributed by atoms with Crippen LogP contribution in [-0.2, 0) is 11.3 Å². The number of amides is 1. The lowest BCUT2D eigenvalue weighted by molar-refractivity contribution is -0.117. The summed E-state index contributed by atoms with van der Waals surface area (Å²) in [7, 11) is 0. The zero-order valence-electron chi connectivity index (χ0n) is 16.7. The van der Waals surface area contributed by atoms with E-state index in [1.807, 2.05) is 47.2 Å². The minimum atomic E-state index is -0.645. The first kappa shape index (κ1) is 19.7. The zero-order chi connectivity index (χ0) is 20.9. The third-order valence-electron chi connectivity index (χ3n) is 4.94. The quantitative estimate of drug-likeness (QED) is 0.524. The number of imidazole rings is 1. The monoisotopic (exact) mass is 402 g/mol. The number of rotatable bonds is 5. The van der Waals surface area contributed by atoms with Crippen LogP contribution in [0.25, 0.3) is 11.3 Å². The molecule has 1 atom stereocenters. The number of aliphatic hydroxyl groups is 1. The lowest BCUT2D eigenvalue weighted by Gasteiger charge is -2.19. The largest absolute Gasteiger partial charge is 0.385 e. The fraction of sp³-hybridized carbons (Fsp3) is 0.261. The Kier molecular flexibility index (Phi) is 5.77. The number of carbonyl (C=O) groups is 1. The predicted molar refractivity (Wildman–Crippen MR) is 111 cm³/mol. The van der Waals surface area contributed by atoms with E-state index in [0.717, 1.165) is 35.2 Å². The Labute approximate surface area is 174 Å². The van der Waals surface area contributed by atoms with Crippen LogP contribution < -0.4 is 0 Å². The van der Waals surface area contributed by atoms with Gasteiger partial charge in [-0.3, -0.25) is 4.79 Å². The molecule has 1 aromatic carbocycles. The van der Waals surface area contributed by atoms with Crippen molar-refractivity contribution in [3.05, 3.63) is 71.5 Å². The maximum atomic E-state index is 10.8. The van der Waals surface area contributed by atoms with Crippen LogP contribution in [0.2, 0.25) is 0 Å². The van der Waals surface area contributed by atoms with Crippen molar-refractivity contribution >= 4 is 6.41 Å². The maximum Gasteiger partial charge on any atom is 0.209 e. The molecule has 7 nitrogen and oxygen atoms in total. The fourth-order valence-electron chi connectivity index (χ4n) is 3.28. The predicted octanol–water partition coefficient (Wildman–Crippen LogP) is 2.78. The zero-order valence-corrected chi connectivity index (χ0v) is 16.7. The van der Waals surface area contributed by atoms with E-state index in [4.69, 9.17) is 4.52 Å². The topological polar surface area (TPSA) is 84.4 Å². The van der Waals surface area contributed by atoms with Crippen LogP contribution in [-0.4, -0.2) is 44.2 Å². The second-order valence-corrected chi connectivity index (χ2v) is 7.18. The van der Waals surface area contributed by atoms with Gasteiger partial charge in [-0.15, -0.1) is 0 Å². The molecule has 3 aromatic rings. The van der Waals surface area contributed by atoms with E-state index in [2.05, 4.69) is 22.0 Å². The Morgan fingerprint density at radius 3 is 2.83 bits per heavy atom. The molecule has 1 N–H and O–H groups in total. The van der Waals surface area contributed by atoms with Gasteiger partial charge < -0.3 is 19.1 Å². The molecule has 1 aliphatic heterocycles. The molecule has 30 heavy (non-hydrogen) atoms. The Morgan fingerprint density at radius 1 is 1.30 bits per heavy atom. The lowest BCUT2D eigenvalue weighted by Crippen LogP contribution is -2.26. The van der Waals surface area contributed by atoms with Gasteiger partial charge in [0.15, 0.2) is 5.76 Å². The van der Waals surface area contributed by atoms with E-state index in [9.17, 15) is 9.90 Å². The molecule has 0 saturated carbocycles. The molecular weight excluding hydrogens is 380 g/mol. The molecule has 7 heteroatoms. The van der Waals surface area contributed by atoms with Crippen molar-refractivity contribution in [1.29, 1.82) is 0 Å². The summed E-state index contributed by atoms with van der Waals surface area (Å²) in [5.41, 5.74) is 3.65. The number of benzene rings is 1. The van der Waals surface area contributed by atoms with E-state index < -0.39 is 6.10 Å². The fourth-order valence-corrected chi connectivity index (χ4v) is 3.28. The van der Waals surface area contributed by atoms with Crippen LogP contribution in [0.15, 0.2) is 58.9 Å². The normalized spacial score (nSPS) is 14.6. The highest BCUT2D eigenvalue weighted by molar-refractivity contribution is 5.59. The summed E-state index contributed by atoms with van der Waals surface area (Å²) in [6.07, 6.45) is 6.48. The molecule has 3 heterocycles. The maximum absolute atomic E-state index is 10.8. The molecule has 0 spiro atoms. The summed E-state index contributed by atoms with van der Waals surface area (Å²) < 4.78 is 7.34. The molecule has 152 valence electrons. The Bertz CT molecular complexity index is 1110. The van der Waals surface area contributed by atoms with Gasteiger partial charge in [-0.2, -0.15) is 0 Å². The minimum absolute atomic E-state index is 0.476. The first-order valence-corrected chi connectivity index (χ1v) is 9.78. The molecule has 1 amide bonds. The van der Waals surface area contributed by atoms with E-state index in [1.54, 1.807) is 18.0 Å². The SMILES string of the molecule is C[C@H](O)c1nccn1Cc1cc(-c2ccc(C#CC3=CCN(C=O)CC3)cc2)on1. The van der Waals surface area contributed by atoms with Gasteiger partial charge in [-0.05, 0) is 37.6 Å². The molecule has 2 aromatic heterocycles. The summed E-state index contributed by atoms with van der Waals surface area (Å²) in [6, 6.07) is 9.70. The summed E-state index contributed by atoms with van der Waals surface area (Å²) >= 11 is 0. The van der Waals surface area contributed by atoms with Gasteiger partial charge in [0.05, 0.1) is 6.54 Å². The standard InChI is InChI=1S/C23H22N4O3/c1-17(29)23-24-10-13-27(23)15-21-14-22(30-25-21)20-6-4-18(5-7-20)2-3-19-8-11-26(16-28)12-9-19/h4-8,10,13-14,16-17,29H,9,11-12,15H2,1H3/t17-/m0/s1. The molecule has 0 aliphatic carbocycles. The highest BCUT2D eigenvalue weighted by Crippen LogP contribution is 2.22. The molecule has 1 aliphatic rings. The van der Waals surface area contributed by atoms with Crippen LogP contribution in [0.4, 0.5) is 0 Å². The number of carbonyl (C=O) groups excluding carboxylic acids is 1. The van der Waals surface area contributed by atoms with Crippen molar-refractivity contribution in [1.82, 2.24) is 19.6 Å². The summed E-state index contributed by atoms with van der Waals surface area (Å²) in [4.78, 5) is 16.6. The van der Waals surface area contributed by atoms with Gasteiger partial charge >= 0.3 is 0 Å². The Morgan fingerprint density at radius 2 is 2.13 bits per heavy atom. The number of aromatic nitrogens is 3. The molecular formula is C23H22N4O3. The van der Waals surface area contributed by atoms with Crippen LogP contribution in [0, 0.1) is 11.8 Å².